The van der Waals surface area contributed by atoms with Crippen LogP contribution in [0.15, 0.2) is 15.9 Å². The molecule has 94 valence electrons. The SMILES string of the molecule is CC(C)N(CC(=O)O)C(=O)Cc1ccc(Br)s1. The summed E-state index contributed by atoms with van der Waals surface area (Å²) in [6, 6.07) is 3.64. The number of thiophene rings is 1. The molecule has 0 aromatic carbocycles. The highest BCUT2D eigenvalue weighted by Crippen LogP contribution is 2.23. The molecule has 0 unspecified atom stereocenters. The standard InChI is InChI=1S/C11H14BrNO3S/c1-7(2)13(6-11(15)16)10(14)5-8-3-4-9(12)17-8/h3-4,7H,5-6H2,1-2H3,(H,15,16). The van der Waals surface area contributed by atoms with Gasteiger partial charge in [0.05, 0.1) is 10.2 Å². The molecule has 0 aliphatic rings. The predicted octanol–water partition coefficient (Wildman–Crippen LogP) is 2.37. The van der Waals surface area contributed by atoms with E-state index in [4.69, 9.17) is 5.11 Å². The topological polar surface area (TPSA) is 57.6 Å². The third kappa shape index (κ3) is 4.47. The van der Waals surface area contributed by atoms with Gasteiger partial charge in [-0.3, -0.25) is 9.59 Å². The number of nitrogens with zero attached hydrogens (tertiary/aromatic N) is 1. The van der Waals surface area contributed by atoms with Crippen LogP contribution in [0.2, 0.25) is 0 Å². The van der Waals surface area contributed by atoms with Crippen molar-refractivity contribution in [2.45, 2.75) is 26.3 Å². The van der Waals surface area contributed by atoms with Crippen molar-refractivity contribution in [3.05, 3.63) is 20.8 Å². The summed E-state index contributed by atoms with van der Waals surface area (Å²) in [4.78, 5) is 24.9. The zero-order chi connectivity index (χ0) is 13.0. The highest BCUT2D eigenvalue weighted by Gasteiger charge is 2.20. The molecule has 17 heavy (non-hydrogen) atoms. The summed E-state index contributed by atoms with van der Waals surface area (Å²) < 4.78 is 0.967. The Hall–Kier alpha value is -0.880. The molecule has 0 atom stereocenters. The summed E-state index contributed by atoms with van der Waals surface area (Å²) in [5.74, 6) is -1.14. The summed E-state index contributed by atoms with van der Waals surface area (Å²) in [5.41, 5.74) is 0. The lowest BCUT2D eigenvalue weighted by Gasteiger charge is -2.24. The van der Waals surface area contributed by atoms with Gasteiger partial charge in [0.2, 0.25) is 5.91 Å². The Bertz CT molecular complexity index is 417. The van der Waals surface area contributed by atoms with E-state index in [0.29, 0.717) is 0 Å². The van der Waals surface area contributed by atoms with Gasteiger partial charge in [-0.2, -0.15) is 0 Å². The zero-order valence-electron chi connectivity index (χ0n) is 9.64. The third-order valence-electron chi connectivity index (χ3n) is 2.20. The second kappa shape index (κ2) is 6.16. The molecular formula is C11H14BrNO3S. The number of rotatable bonds is 5. The molecule has 0 aliphatic carbocycles. The van der Waals surface area contributed by atoms with Crippen LogP contribution >= 0.6 is 27.3 Å². The highest BCUT2D eigenvalue weighted by atomic mass is 79.9. The Labute approximate surface area is 112 Å². The largest absolute Gasteiger partial charge is 0.480 e. The molecule has 1 heterocycles. The lowest BCUT2D eigenvalue weighted by Crippen LogP contribution is -2.41. The molecule has 0 spiro atoms. The molecule has 1 aromatic heterocycles. The van der Waals surface area contributed by atoms with Gasteiger partial charge in [0.15, 0.2) is 0 Å². The average molecular weight is 320 g/mol. The third-order valence-corrected chi connectivity index (χ3v) is 3.83. The normalized spacial score (nSPS) is 10.6. The molecule has 1 aromatic rings. The van der Waals surface area contributed by atoms with Crippen LogP contribution in [0.25, 0.3) is 0 Å². The molecule has 4 nitrogen and oxygen atoms in total. The molecular weight excluding hydrogens is 306 g/mol. The molecule has 0 saturated heterocycles. The summed E-state index contributed by atoms with van der Waals surface area (Å²) in [5, 5.41) is 8.75. The number of aliphatic carboxylic acids is 1. The fraction of sp³-hybridized carbons (Fsp3) is 0.455. The van der Waals surface area contributed by atoms with Crippen molar-refractivity contribution in [1.82, 2.24) is 4.90 Å². The van der Waals surface area contributed by atoms with E-state index in [0.717, 1.165) is 8.66 Å². The first-order valence-corrected chi connectivity index (χ1v) is 6.76. The first-order valence-electron chi connectivity index (χ1n) is 5.15. The van der Waals surface area contributed by atoms with Crippen LogP contribution in [-0.4, -0.2) is 34.5 Å². The van der Waals surface area contributed by atoms with Gasteiger partial charge < -0.3 is 10.0 Å². The first kappa shape index (κ1) is 14.2. The summed E-state index contributed by atoms with van der Waals surface area (Å²) in [6.45, 7) is 3.37. The fourth-order valence-corrected chi connectivity index (χ4v) is 2.88. The van der Waals surface area contributed by atoms with Crippen molar-refractivity contribution in [2.24, 2.45) is 0 Å². The maximum atomic E-state index is 12.0. The van der Waals surface area contributed by atoms with Crippen LogP contribution in [0.4, 0.5) is 0 Å². The van der Waals surface area contributed by atoms with Gasteiger partial charge in [0.25, 0.3) is 0 Å². The van der Waals surface area contributed by atoms with Crippen LogP contribution in [0, 0.1) is 0 Å². The second-order valence-corrected chi connectivity index (χ2v) is 6.44. The second-order valence-electron chi connectivity index (χ2n) is 3.89. The van der Waals surface area contributed by atoms with Crippen molar-refractivity contribution < 1.29 is 14.7 Å². The number of hydrogen-bond donors (Lipinski definition) is 1. The first-order chi connectivity index (χ1) is 7.90. The highest BCUT2D eigenvalue weighted by molar-refractivity contribution is 9.11. The molecule has 0 radical (unpaired) electrons. The smallest absolute Gasteiger partial charge is 0.323 e. The van der Waals surface area contributed by atoms with E-state index in [9.17, 15) is 9.59 Å². The van der Waals surface area contributed by atoms with Crippen LogP contribution in [0.5, 0.6) is 0 Å². The van der Waals surface area contributed by atoms with Gasteiger partial charge in [-0.05, 0) is 41.9 Å². The number of amides is 1. The molecule has 0 saturated carbocycles. The van der Waals surface area contributed by atoms with Crippen LogP contribution in [0.1, 0.15) is 18.7 Å². The minimum absolute atomic E-state index is 0.109. The van der Waals surface area contributed by atoms with E-state index in [1.54, 1.807) is 0 Å². The molecule has 6 heteroatoms. The van der Waals surface area contributed by atoms with E-state index >= 15 is 0 Å². The molecule has 1 amide bonds. The van der Waals surface area contributed by atoms with Gasteiger partial charge in [-0.15, -0.1) is 11.3 Å². The molecule has 1 N–H and O–H groups in total. The maximum absolute atomic E-state index is 12.0. The number of carbonyl (C=O) groups excluding carboxylic acids is 1. The molecule has 1 rings (SSSR count). The quantitative estimate of drug-likeness (QED) is 0.906. The van der Waals surface area contributed by atoms with Gasteiger partial charge in [0.1, 0.15) is 6.54 Å². The van der Waals surface area contributed by atoms with Gasteiger partial charge in [-0.25, -0.2) is 0 Å². The van der Waals surface area contributed by atoms with Crippen molar-refractivity contribution >= 4 is 39.1 Å². The zero-order valence-corrected chi connectivity index (χ0v) is 12.0. The summed E-state index contributed by atoms with van der Waals surface area (Å²) >= 11 is 4.81. The van der Waals surface area contributed by atoms with E-state index < -0.39 is 5.97 Å². The van der Waals surface area contributed by atoms with Crippen LogP contribution in [0.3, 0.4) is 0 Å². The Kier molecular flexibility index (Phi) is 5.14. The van der Waals surface area contributed by atoms with Crippen molar-refractivity contribution in [2.75, 3.05) is 6.54 Å². The van der Waals surface area contributed by atoms with E-state index in [2.05, 4.69) is 15.9 Å². The van der Waals surface area contributed by atoms with Crippen LogP contribution in [-0.2, 0) is 16.0 Å². The Morgan fingerprint density at radius 3 is 2.53 bits per heavy atom. The number of carboxylic acids is 1. The van der Waals surface area contributed by atoms with E-state index in [1.165, 1.54) is 16.2 Å². The van der Waals surface area contributed by atoms with Gasteiger partial charge in [0, 0.05) is 10.9 Å². The minimum atomic E-state index is -0.987. The molecule has 0 fully saturated rings. The number of hydrogen-bond acceptors (Lipinski definition) is 3. The summed E-state index contributed by atoms with van der Waals surface area (Å²) in [7, 11) is 0. The number of carbonyl (C=O) groups is 2. The Morgan fingerprint density at radius 2 is 2.12 bits per heavy atom. The Balaban J connectivity index is 2.68. The predicted molar refractivity (Wildman–Crippen MR) is 70.2 cm³/mol. The monoisotopic (exact) mass is 319 g/mol. The summed E-state index contributed by atoms with van der Waals surface area (Å²) in [6.07, 6.45) is 0.252. The van der Waals surface area contributed by atoms with Crippen molar-refractivity contribution in [1.29, 1.82) is 0 Å². The van der Waals surface area contributed by atoms with Crippen molar-refractivity contribution in [3.63, 3.8) is 0 Å². The Morgan fingerprint density at radius 1 is 1.47 bits per heavy atom. The molecule has 0 aliphatic heterocycles. The maximum Gasteiger partial charge on any atom is 0.323 e. The lowest BCUT2D eigenvalue weighted by atomic mass is 10.2. The average Bonchev–Trinajstić information content (AvgIpc) is 2.59. The van der Waals surface area contributed by atoms with Gasteiger partial charge >= 0.3 is 5.97 Å². The lowest BCUT2D eigenvalue weighted by molar-refractivity contribution is -0.145. The van der Waals surface area contributed by atoms with Crippen LogP contribution < -0.4 is 0 Å². The van der Waals surface area contributed by atoms with E-state index in [-0.39, 0.29) is 24.9 Å². The minimum Gasteiger partial charge on any atom is -0.480 e. The number of halogens is 1. The van der Waals surface area contributed by atoms with Crippen molar-refractivity contribution in [3.8, 4) is 0 Å². The van der Waals surface area contributed by atoms with E-state index in [1.807, 2.05) is 26.0 Å². The molecule has 0 bridgehead atoms. The number of carboxylic acid groups (broad SMARTS) is 1. The fourth-order valence-electron chi connectivity index (χ4n) is 1.40. The van der Waals surface area contributed by atoms with Gasteiger partial charge in [-0.1, -0.05) is 0 Å².